The predicted molar refractivity (Wildman–Crippen MR) is 280 cm³/mol. The summed E-state index contributed by atoms with van der Waals surface area (Å²) >= 11 is 0. The number of rotatable bonds is 8. The van der Waals surface area contributed by atoms with Crippen molar-refractivity contribution >= 4 is 22.6 Å². The molecule has 0 atom stereocenters. The minimum Gasteiger partial charge on any atom is -0.312 e. The quantitative estimate of drug-likeness (QED) is 0.142. The fraction of sp³-hybridized carbons (Fsp3) is 0.127. The van der Waals surface area contributed by atoms with Crippen LogP contribution in [-0.4, -0.2) is 19.5 Å². The zero-order valence-corrected chi connectivity index (χ0v) is 42.7. The summed E-state index contributed by atoms with van der Waals surface area (Å²) in [6.45, 7) is 0. The normalized spacial score (nSPS) is 13.4. The highest BCUT2D eigenvalue weighted by Gasteiger charge is 2.41. The van der Waals surface area contributed by atoms with E-state index in [9.17, 15) is 52.7 Å². The Kier molecular flexibility index (Phi) is 14.0. The lowest BCUT2D eigenvalue weighted by molar-refractivity contribution is -0.144. The molecule has 11 rings (SSSR count). The molecule has 2 aromatic heterocycles. The van der Waals surface area contributed by atoms with Crippen molar-refractivity contribution in [1.82, 2.24) is 19.5 Å². The summed E-state index contributed by atoms with van der Waals surface area (Å²) < 4.78 is 267. The topological polar surface area (TPSA) is 43.6 Å². The van der Waals surface area contributed by atoms with E-state index in [0.717, 1.165) is 48.5 Å². The molecule has 4 nitrogen and oxygen atoms in total. The Labute approximate surface area is 469 Å². The fourth-order valence-corrected chi connectivity index (χ4v) is 10.3. The van der Waals surface area contributed by atoms with Crippen LogP contribution in [0.4, 0.5) is 79.0 Å². The molecule has 0 bridgehead atoms. The molecule has 8 aromatic carbocycles. The number of benzene rings is 7. The summed E-state index contributed by atoms with van der Waals surface area (Å²) in [6.07, 6.45) is -31.7. The third-order valence-electron chi connectivity index (χ3n) is 14.1. The lowest BCUT2D eigenvalue weighted by atomic mass is 9.88. The van der Waals surface area contributed by atoms with Crippen molar-refractivity contribution in [2.45, 2.75) is 49.9 Å². The average Bonchev–Trinajstić information content (AvgIpc) is 1.68. The van der Waals surface area contributed by atoms with Crippen LogP contribution in [0.5, 0.6) is 0 Å². The van der Waals surface area contributed by atoms with E-state index in [4.69, 9.17) is 9.97 Å². The van der Waals surface area contributed by atoms with Gasteiger partial charge in [-0.3, -0.25) is 0 Å². The lowest BCUT2D eigenvalue weighted by Gasteiger charge is -2.25. The van der Waals surface area contributed by atoms with Gasteiger partial charge in [-0.2, -0.15) is 79.0 Å². The molecule has 0 saturated heterocycles. The van der Waals surface area contributed by atoms with E-state index < -0.39 is 122 Å². The third-order valence-corrected chi connectivity index (χ3v) is 14.1. The molecule has 0 amide bonds. The molecule has 10 aromatic rings. The Balaban J connectivity index is 1.31. The second-order valence-electron chi connectivity index (χ2n) is 19.6. The minimum absolute atomic E-state index is 0.0121. The highest BCUT2D eigenvalue weighted by atomic mass is 19.4. The van der Waals surface area contributed by atoms with Gasteiger partial charge in [-0.15, -0.1) is 0 Å². The molecule has 430 valence electrons. The van der Waals surface area contributed by atoms with Crippen LogP contribution in [0.15, 0.2) is 164 Å². The van der Waals surface area contributed by atoms with Crippen LogP contribution in [0.2, 0.25) is 0 Å². The Morgan fingerprint density at radius 1 is 0.376 bits per heavy atom. The highest BCUT2D eigenvalue weighted by Crippen LogP contribution is 2.51. The van der Waals surface area contributed by atoms with Crippen LogP contribution in [0, 0.1) is 12.1 Å². The Hall–Kier alpha value is -9.39. The largest absolute Gasteiger partial charge is 0.417 e. The number of halogens is 18. The summed E-state index contributed by atoms with van der Waals surface area (Å²) in [5.74, 6) is -0.258. The van der Waals surface area contributed by atoms with E-state index in [0.29, 0.717) is 47.5 Å². The molecule has 0 radical (unpaired) electrons. The van der Waals surface area contributed by atoms with Gasteiger partial charge in [0.1, 0.15) is 0 Å². The van der Waals surface area contributed by atoms with Crippen LogP contribution >= 0.6 is 0 Å². The summed E-state index contributed by atoms with van der Waals surface area (Å²) in [5.41, 5.74) is -14.5. The highest BCUT2D eigenvalue weighted by molar-refractivity contribution is 6.03. The van der Waals surface area contributed by atoms with Gasteiger partial charge in [0.15, 0.2) is 17.5 Å². The van der Waals surface area contributed by atoms with Gasteiger partial charge in [-0.05, 0) is 126 Å². The maximum atomic E-state index is 15.6. The number of alkyl halides is 18. The lowest BCUT2D eigenvalue weighted by Crippen LogP contribution is -2.13. The van der Waals surface area contributed by atoms with E-state index in [1.54, 1.807) is 60.7 Å². The Bertz CT molecular complexity index is 4060. The molecule has 0 unspecified atom stereocenters. The number of aromatic nitrogens is 4. The van der Waals surface area contributed by atoms with Crippen molar-refractivity contribution in [2.24, 2.45) is 0 Å². The van der Waals surface area contributed by atoms with Crippen molar-refractivity contribution in [2.75, 3.05) is 0 Å². The van der Waals surface area contributed by atoms with Crippen LogP contribution in [-0.2, 0) is 43.5 Å². The van der Waals surface area contributed by atoms with Crippen molar-refractivity contribution in [3.8, 4) is 73.2 Å². The van der Waals surface area contributed by atoms with Gasteiger partial charge in [-0.25, -0.2) is 15.0 Å². The first kappa shape index (κ1) is 57.4. The Morgan fingerprint density at radius 2 is 0.859 bits per heavy atom. The first-order chi connectivity index (χ1) is 39.9. The minimum atomic E-state index is -5.36. The van der Waals surface area contributed by atoms with Gasteiger partial charge < -0.3 is 4.57 Å². The van der Waals surface area contributed by atoms with E-state index in [-0.39, 0.29) is 68.5 Å². The van der Waals surface area contributed by atoms with E-state index in [2.05, 4.69) is 17.1 Å². The van der Waals surface area contributed by atoms with Gasteiger partial charge in [0.2, 0.25) is 0 Å². The first-order valence-corrected chi connectivity index (χ1v) is 25.1. The Morgan fingerprint density at radius 3 is 1.38 bits per heavy atom. The standard InChI is InChI=1S/C63H32F18N4/c64-58(65,66)40-23-37(24-41(31-40)59(67,68)69)35-19-21-52-46(27-35)47-28-36(38-25-42(60(70,71)72)32-43(26-38)61(73,74)75)20-22-53(47)85(52)54-48(44-15-7-9-17-50(44)62(76,77)78)29-39(30-49(54)45-16-8-10-18-51(45)63(79,80)81)57-83-55(33-11-3-1-4-12-33)82-56(84-57)34-13-5-2-6-14-34/h1-7,9-15,17-19,21,23-32H,20,22H2. The zero-order valence-electron chi connectivity index (χ0n) is 42.7. The average molecular weight is 1190 g/mol. The van der Waals surface area contributed by atoms with Crippen LogP contribution in [0.1, 0.15) is 56.6 Å². The molecule has 22 heteroatoms. The second-order valence-corrected chi connectivity index (χ2v) is 19.6. The summed E-state index contributed by atoms with van der Waals surface area (Å²) in [7, 11) is 0. The number of nitrogens with zero attached hydrogens (tertiary/aromatic N) is 4. The molecule has 1 aliphatic carbocycles. The van der Waals surface area contributed by atoms with Crippen LogP contribution < -0.4 is 0 Å². The number of allylic oxidation sites excluding steroid dienone is 1. The summed E-state index contributed by atoms with van der Waals surface area (Å²) in [5, 5.41) is -0.221. The molecule has 85 heavy (non-hydrogen) atoms. The van der Waals surface area contributed by atoms with E-state index >= 15 is 26.3 Å². The molecule has 0 spiro atoms. The smallest absolute Gasteiger partial charge is 0.312 e. The monoisotopic (exact) mass is 1190 g/mol. The molecular formula is C63H32F18N4. The van der Waals surface area contributed by atoms with Crippen molar-refractivity contribution in [3.05, 3.63) is 226 Å². The number of hydrogen-bond donors (Lipinski definition) is 0. The molecular weight excluding hydrogens is 1150 g/mol. The van der Waals surface area contributed by atoms with Crippen molar-refractivity contribution in [1.29, 1.82) is 0 Å². The van der Waals surface area contributed by atoms with Crippen LogP contribution in [0.25, 0.3) is 95.8 Å². The predicted octanol–water partition coefficient (Wildman–Crippen LogP) is 20.0. The maximum Gasteiger partial charge on any atom is 0.417 e. The molecule has 0 N–H and O–H groups in total. The van der Waals surface area contributed by atoms with E-state index in [1.165, 1.54) is 16.7 Å². The zero-order chi connectivity index (χ0) is 60.8. The molecule has 0 saturated carbocycles. The van der Waals surface area contributed by atoms with Gasteiger partial charge in [0.05, 0.1) is 44.6 Å². The molecule has 2 heterocycles. The van der Waals surface area contributed by atoms with Gasteiger partial charge >= 0.3 is 37.1 Å². The number of fused-ring (bicyclic) bond motifs is 3. The SMILES string of the molecule is FC(F)(F)c1cc(C2=Cc3c(n(-c4c(-c5c#cccc5C(F)(F)F)cc(-c5nc(-c6ccccc6)nc(-c6ccccc6)n5)cc4-c4ccccc4C(F)(F)F)c4ccc(-c5cc(C(F)(F)F)cc(C(F)(F)F)c5)cc34)CC2)cc(C(F)(F)F)c1. The van der Waals surface area contributed by atoms with Crippen molar-refractivity contribution < 1.29 is 79.0 Å². The number of hydrogen-bond acceptors (Lipinski definition) is 3. The third kappa shape index (κ3) is 11.3. The molecule has 1 aliphatic rings. The second kappa shape index (κ2) is 20.7. The van der Waals surface area contributed by atoms with Gasteiger partial charge in [0, 0.05) is 50.0 Å². The summed E-state index contributed by atoms with van der Waals surface area (Å²) in [6, 6.07) is 33.8. The van der Waals surface area contributed by atoms with Gasteiger partial charge in [0.25, 0.3) is 0 Å². The van der Waals surface area contributed by atoms with Gasteiger partial charge in [-0.1, -0.05) is 97.1 Å². The fourth-order valence-electron chi connectivity index (χ4n) is 10.3. The molecule has 0 aliphatic heterocycles. The van der Waals surface area contributed by atoms with Crippen molar-refractivity contribution in [3.63, 3.8) is 0 Å². The summed E-state index contributed by atoms with van der Waals surface area (Å²) in [4.78, 5) is 14.1. The first-order valence-electron chi connectivity index (χ1n) is 25.1. The maximum absolute atomic E-state index is 15.6. The van der Waals surface area contributed by atoms with Crippen LogP contribution in [0.3, 0.4) is 0 Å². The van der Waals surface area contributed by atoms with E-state index in [1.807, 2.05) is 0 Å². The molecule has 0 fully saturated rings.